The zero-order chi connectivity index (χ0) is 26.6. The lowest BCUT2D eigenvalue weighted by Crippen LogP contribution is -2.24. The molecule has 3 heterocycles. The second kappa shape index (κ2) is 11.1. The molecule has 0 bridgehead atoms. The molecule has 4 aromatic rings. The van der Waals surface area contributed by atoms with Gasteiger partial charge in [-0.1, -0.05) is 31.4 Å². The van der Waals surface area contributed by atoms with Gasteiger partial charge in [0.2, 0.25) is 0 Å². The molecule has 0 N–H and O–H groups in total. The number of aryl methyl sites for hydroxylation is 2. The van der Waals surface area contributed by atoms with E-state index in [1.54, 1.807) is 19.1 Å². The zero-order valence-corrected chi connectivity index (χ0v) is 20.6. The molecule has 0 spiro atoms. The van der Waals surface area contributed by atoms with E-state index in [2.05, 4.69) is 19.9 Å². The van der Waals surface area contributed by atoms with Crippen LogP contribution in [0, 0.1) is 19.7 Å². The van der Waals surface area contributed by atoms with Crippen LogP contribution in [0.5, 0.6) is 0 Å². The van der Waals surface area contributed by atoms with Crippen molar-refractivity contribution in [1.82, 2.24) is 24.5 Å². The summed E-state index contributed by atoms with van der Waals surface area (Å²) in [5, 5.41) is 0. The van der Waals surface area contributed by atoms with Crippen molar-refractivity contribution in [3.63, 3.8) is 0 Å². The SMILES string of the molecule is Cc1cccc(F)c1C1CCCCC1.Cc1cnc2ccc(=O)n(Cc3nccnc3C(F)(F)F)c2n1. The first-order chi connectivity index (χ1) is 17.6. The van der Waals surface area contributed by atoms with Gasteiger partial charge in [0.1, 0.15) is 11.3 Å². The molecule has 0 radical (unpaired) electrons. The quantitative estimate of drug-likeness (QED) is 0.308. The molecular weight excluding hydrogens is 486 g/mol. The van der Waals surface area contributed by atoms with Crippen LogP contribution in [-0.4, -0.2) is 24.5 Å². The highest BCUT2D eigenvalue weighted by molar-refractivity contribution is 5.69. The predicted octanol–water partition coefficient (Wildman–Crippen LogP) is 6.14. The van der Waals surface area contributed by atoms with Gasteiger partial charge in [0, 0.05) is 24.7 Å². The molecule has 0 amide bonds. The summed E-state index contributed by atoms with van der Waals surface area (Å²) < 4.78 is 53.8. The van der Waals surface area contributed by atoms with E-state index < -0.39 is 24.0 Å². The molecule has 10 heteroatoms. The molecule has 1 aliphatic rings. The lowest BCUT2D eigenvalue weighted by Gasteiger charge is -2.23. The Hall–Kier alpha value is -3.69. The summed E-state index contributed by atoms with van der Waals surface area (Å²) in [5.74, 6) is 0.474. The highest BCUT2D eigenvalue weighted by atomic mass is 19.4. The largest absolute Gasteiger partial charge is 0.435 e. The van der Waals surface area contributed by atoms with Crippen LogP contribution in [0.2, 0.25) is 0 Å². The summed E-state index contributed by atoms with van der Waals surface area (Å²) in [7, 11) is 0. The third-order valence-electron chi connectivity index (χ3n) is 6.44. The number of pyridine rings is 1. The van der Waals surface area contributed by atoms with Crippen molar-refractivity contribution in [1.29, 1.82) is 0 Å². The van der Waals surface area contributed by atoms with Crippen molar-refractivity contribution in [3.05, 3.63) is 93.3 Å². The second-order valence-corrected chi connectivity index (χ2v) is 9.13. The first kappa shape index (κ1) is 26.4. The van der Waals surface area contributed by atoms with Crippen molar-refractivity contribution < 1.29 is 17.6 Å². The Morgan fingerprint density at radius 1 is 0.973 bits per heavy atom. The first-order valence-electron chi connectivity index (χ1n) is 12.1. The van der Waals surface area contributed by atoms with Crippen LogP contribution in [-0.2, 0) is 12.7 Å². The number of nitrogens with zero attached hydrogens (tertiary/aromatic N) is 5. The monoisotopic (exact) mass is 513 g/mol. The van der Waals surface area contributed by atoms with E-state index in [4.69, 9.17) is 0 Å². The van der Waals surface area contributed by atoms with E-state index in [1.165, 1.54) is 50.4 Å². The number of alkyl halides is 3. The topological polar surface area (TPSA) is 73.6 Å². The number of benzene rings is 1. The molecular formula is C27H27F4N5O. The summed E-state index contributed by atoms with van der Waals surface area (Å²) in [6.45, 7) is 3.31. The van der Waals surface area contributed by atoms with Gasteiger partial charge in [-0.15, -0.1) is 0 Å². The molecule has 1 aliphatic carbocycles. The van der Waals surface area contributed by atoms with E-state index in [-0.39, 0.29) is 17.2 Å². The third kappa shape index (κ3) is 6.18. The molecule has 3 aromatic heterocycles. The fourth-order valence-electron chi connectivity index (χ4n) is 4.71. The van der Waals surface area contributed by atoms with Crippen molar-refractivity contribution in [2.24, 2.45) is 0 Å². The lowest BCUT2D eigenvalue weighted by atomic mass is 9.82. The minimum absolute atomic E-state index is 0.00287. The van der Waals surface area contributed by atoms with Crippen LogP contribution in [0.4, 0.5) is 17.6 Å². The van der Waals surface area contributed by atoms with Crippen LogP contribution in [0.3, 0.4) is 0 Å². The smallest absolute Gasteiger partial charge is 0.285 e. The Morgan fingerprint density at radius 2 is 1.70 bits per heavy atom. The number of hydrogen-bond donors (Lipinski definition) is 0. The average molecular weight is 514 g/mol. The number of aromatic nitrogens is 5. The van der Waals surface area contributed by atoms with E-state index >= 15 is 0 Å². The van der Waals surface area contributed by atoms with E-state index in [1.807, 2.05) is 13.0 Å². The van der Waals surface area contributed by atoms with Gasteiger partial charge in [-0.05, 0) is 55.9 Å². The van der Waals surface area contributed by atoms with Crippen LogP contribution >= 0.6 is 0 Å². The third-order valence-corrected chi connectivity index (χ3v) is 6.44. The van der Waals surface area contributed by atoms with Crippen LogP contribution in [0.25, 0.3) is 11.2 Å². The zero-order valence-electron chi connectivity index (χ0n) is 20.6. The Bertz CT molecular complexity index is 1420. The van der Waals surface area contributed by atoms with Gasteiger partial charge in [-0.25, -0.2) is 14.4 Å². The number of halogens is 4. The molecule has 1 aromatic carbocycles. The van der Waals surface area contributed by atoms with Gasteiger partial charge in [0.15, 0.2) is 11.3 Å². The first-order valence-corrected chi connectivity index (χ1v) is 12.1. The Balaban J connectivity index is 0.000000195. The molecule has 1 fully saturated rings. The van der Waals surface area contributed by atoms with Gasteiger partial charge in [-0.3, -0.25) is 19.3 Å². The molecule has 6 nitrogen and oxygen atoms in total. The molecule has 194 valence electrons. The Labute approximate surface area is 211 Å². The van der Waals surface area contributed by atoms with Gasteiger partial charge in [0.05, 0.1) is 17.9 Å². The summed E-state index contributed by atoms with van der Waals surface area (Å²) in [6.07, 6.45) is 5.16. The summed E-state index contributed by atoms with van der Waals surface area (Å²) in [5.41, 5.74) is 1.30. The molecule has 0 saturated heterocycles. The molecule has 1 saturated carbocycles. The summed E-state index contributed by atoms with van der Waals surface area (Å²) in [6, 6.07) is 8.12. The number of rotatable bonds is 3. The number of hydrogen-bond acceptors (Lipinski definition) is 5. The van der Waals surface area contributed by atoms with Crippen molar-refractivity contribution in [2.75, 3.05) is 0 Å². The van der Waals surface area contributed by atoms with Crippen LogP contribution in [0.1, 0.15) is 66.2 Å². The second-order valence-electron chi connectivity index (χ2n) is 9.13. The van der Waals surface area contributed by atoms with E-state index in [9.17, 15) is 22.4 Å². The van der Waals surface area contributed by atoms with E-state index in [0.29, 0.717) is 17.1 Å². The van der Waals surface area contributed by atoms with Gasteiger partial charge in [0.25, 0.3) is 5.56 Å². The minimum Gasteiger partial charge on any atom is -0.285 e. The maximum atomic E-state index is 13.6. The van der Waals surface area contributed by atoms with Gasteiger partial charge >= 0.3 is 6.18 Å². The maximum Gasteiger partial charge on any atom is 0.435 e. The predicted molar refractivity (Wildman–Crippen MR) is 132 cm³/mol. The summed E-state index contributed by atoms with van der Waals surface area (Å²) in [4.78, 5) is 27.4. The summed E-state index contributed by atoms with van der Waals surface area (Å²) >= 11 is 0. The molecule has 5 rings (SSSR count). The molecule has 0 unspecified atom stereocenters. The van der Waals surface area contributed by atoms with Crippen molar-refractivity contribution >= 4 is 11.2 Å². The normalized spacial score (nSPS) is 14.3. The van der Waals surface area contributed by atoms with Crippen LogP contribution in [0.15, 0.2) is 53.7 Å². The highest BCUT2D eigenvalue weighted by Gasteiger charge is 2.36. The van der Waals surface area contributed by atoms with Gasteiger partial charge < -0.3 is 0 Å². The Kier molecular flexibility index (Phi) is 7.94. The number of fused-ring (bicyclic) bond motifs is 1. The maximum absolute atomic E-state index is 13.6. The molecule has 0 atom stereocenters. The van der Waals surface area contributed by atoms with Crippen molar-refractivity contribution in [3.8, 4) is 0 Å². The minimum atomic E-state index is -4.65. The molecule has 37 heavy (non-hydrogen) atoms. The van der Waals surface area contributed by atoms with Crippen LogP contribution < -0.4 is 5.56 Å². The average Bonchev–Trinajstić information content (AvgIpc) is 2.86. The van der Waals surface area contributed by atoms with Crippen molar-refractivity contribution in [2.45, 2.75) is 64.6 Å². The van der Waals surface area contributed by atoms with E-state index in [0.717, 1.165) is 28.1 Å². The lowest BCUT2D eigenvalue weighted by molar-refractivity contribution is -0.142. The Morgan fingerprint density at radius 3 is 2.41 bits per heavy atom. The fourth-order valence-corrected chi connectivity index (χ4v) is 4.71. The standard InChI is InChI=1S/C14H10F3N5O.C13H17F/c1-8-6-20-9-2-3-11(23)22(13(9)21-8)7-10-12(14(15,16)17)19-5-4-18-10;1-10-6-5-9-12(14)13(10)11-7-3-2-4-8-11/h2-6H,7H2,1H3;5-6,9,11H,2-4,7-8H2,1H3. The molecule has 0 aliphatic heterocycles. The fraction of sp³-hybridized carbons (Fsp3) is 0.370. The highest BCUT2D eigenvalue weighted by Crippen LogP contribution is 2.35. The van der Waals surface area contributed by atoms with Gasteiger partial charge in [-0.2, -0.15) is 13.2 Å².